The van der Waals surface area contributed by atoms with Gasteiger partial charge in [0.2, 0.25) is 5.82 Å². The lowest BCUT2D eigenvalue weighted by Gasteiger charge is -2.00. The van der Waals surface area contributed by atoms with Crippen molar-refractivity contribution < 1.29 is 22.7 Å². The number of alkyl halides is 3. The first-order valence-corrected chi connectivity index (χ1v) is 4.14. The van der Waals surface area contributed by atoms with Crippen LogP contribution in [0.1, 0.15) is 23.2 Å². The lowest BCUT2D eigenvalue weighted by molar-refractivity contribution is -0.141. The Labute approximate surface area is 83.7 Å². The number of nitrogens with zero attached hydrogens (tertiary/aromatic N) is 2. The second-order valence-corrected chi connectivity index (χ2v) is 2.78. The third kappa shape index (κ3) is 2.48. The zero-order valence-corrected chi connectivity index (χ0v) is 8.13. The lowest BCUT2D eigenvalue weighted by Crippen LogP contribution is -2.11. The minimum absolute atomic E-state index is 0.0903. The van der Waals surface area contributed by atoms with E-state index in [2.05, 4.69) is 9.72 Å². The number of carbonyl (C=O) groups is 1. The molecule has 0 aliphatic rings. The molecule has 0 N–H and O–H groups in total. The van der Waals surface area contributed by atoms with Gasteiger partial charge in [0.1, 0.15) is 0 Å². The van der Waals surface area contributed by atoms with Crippen molar-refractivity contribution in [2.24, 2.45) is 7.05 Å². The van der Waals surface area contributed by atoms with Crippen molar-refractivity contribution in [1.82, 2.24) is 9.55 Å². The molecular weight excluding hydrogens is 213 g/mol. The van der Waals surface area contributed by atoms with E-state index in [0.29, 0.717) is 0 Å². The van der Waals surface area contributed by atoms with Crippen molar-refractivity contribution in [3.05, 3.63) is 17.7 Å². The Hall–Kier alpha value is -1.53. The van der Waals surface area contributed by atoms with Gasteiger partial charge in [-0.15, -0.1) is 0 Å². The molecule has 4 nitrogen and oxygen atoms in total. The maximum absolute atomic E-state index is 12.2. The van der Waals surface area contributed by atoms with E-state index in [1.54, 1.807) is 6.92 Å². The molecule has 0 bridgehead atoms. The van der Waals surface area contributed by atoms with E-state index in [9.17, 15) is 18.0 Å². The van der Waals surface area contributed by atoms with Crippen LogP contribution in [0.2, 0.25) is 0 Å². The fourth-order valence-corrected chi connectivity index (χ4v) is 0.988. The highest BCUT2D eigenvalue weighted by Gasteiger charge is 2.35. The Morgan fingerprint density at radius 3 is 2.60 bits per heavy atom. The summed E-state index contributed by atoms with van der Waals surface area (Å²) in [7, 11) is 1.30. The summed E-state index contributed by atoms with van der Waals surface area (Å²) in [6.07, 6.45) is -3.81. The summed E-state index contributed by atoms with van der Waals surface area (Å²) in [5.74, 6) is -1.22. The highest BCUT2D eigenvalue weighted by molar-refractivity contribution is 5.85. The van der Waals surface area contributed by atoms with E-state index in [-0.39, 0.29) is 12.4 Å². The first kappa shape index (κ1) is 11.5. The van der Waals surface area contributed by atoms with E-state index in [0.717, 1.165) is 10.8 Å². The third-order valence-corrected chi connectivity index (χ3v) is 1.62. The summed E-state index contributed by atoms with van der Waals surface area (Å²) in [5.41, 5.74) is -1.10. The molecule has 1 heterocycles. The molecular formula is C8H9F3N2O2. The second-order valence-electron chi connectivity index (χ2n) is 2.78. The van der Waals surface area contributed by atoms with Crippen molar-refractivity contribution in [2.45, 2.75) is 13.1 Å². The number of ether oxygens (including phenoxy) is 1. The first-order chi connectivity index (χ1) is 6.86. The quantitative estimate of drug-likeness (QED) is 0.714. The largest absolute Gasteiger partial charge is 0.460 e. The van der Waals surface area contributed by atoms with Crippen LogP contribution < -0.4 is 0 Å². The van der Waals surface area contributed by atoms with Gasteiger partial charge in [0.05, 0.1) is 6.61 Å². The van der Waals surface area contributed by atoms with Crippen LogP contribution >= 0.6 is 0 Å². The van der Waals surface area contributed by atoms with Crippen molar-refractivity contribution in [2.75, 3.05) is 6.61 Å². The monoisotopic (exact) mass is 222 g/mol. The average Bonchev–Trinajstić information content (AvgIpc) is 2.47. The molecule has 0 fully saturated rings. The third-order valence-electron chi connectivity index (χ3n) is 1.62. The predicted octanol–water partition coefficient (Wildman–Crippen LogP) is 1.62. The van der Waals surface area contributed by atoms with E-state index in [4.69, 9.17) is 0 Å². The van der Waals surface area contributed by atoms with Gasteiger partial charge in [-0.25, -0.2) is 9.78 Å². The molecule has 0 aliphatic heterocycles. The number of aryl methyl sites for hydroxylation is 1. The molecule has 0 amide bonds. The molecule has 1 rings (SSSR count). The van der Waals surface area contributed by atoms with Crippen LogP contribution in [0.25, 0.3) is 0 Å². The van der Waals surface area contributed by atoms with Gasteiger partial charge in [0, 0.05) is 13.2 Å². The molecule has 84 valence electrons. The van der Waals surface area contributed by atoms with Crippen LogP contribution in [0.15, 0.2) is 6.20 Å². The van der Waals surface area contributed by atoms with E-state index in [1.165, 1.54) is 7.05 Å². The Balaban J connectivity index is 3.02. The van der Waals surface area contributed by atoms with Crippen LogP contribution in [-0.2, 0) is 18.0 Å². The first-order valence-electron chi connectivity index (χ1n) is 4.14. The number of esters is 1. The summed E-state index contributed by atoms with van der Waals surface area (Å²) < 4.78 is 42.1. The molecule has 0 saturated heterocycles. The predicted molar refractivity (Wildman–Crippen MR) is 44.2 cm³/mol. The molecule has 0 spiro atoms. The number of aromatic nitrogens is 2. The summed E-state index contributed by atoms with van der Waals surface area (Å²) in [6, 6.07) is 0. The van der Waals surface area contributed by atoms with Crippen molar-refractivity contribution in [1.29, 1.82) is 0 Å². The molecule has 0 unspecified atom stereocenters. The average molecular weight is 222 g/mol. The smallest absolute Gasteiger partial charge is 0.434 e. The van der Waals surface area contributed by atoms with Gasteiger partial charge >= 0.3 is 12.1 Å². The van der Waals surface area contributed by atoms with Gasteiger partial charge in [0.25, 0.3) is 0 Å². The van der Waals surface area contributed by atoms with Crippen LogP contribution in [-0.4, -0.2) is 22.1 Å². The molecule has 0 saturated carbocycles. The summed E-state index contributed by atoms with van der Waals surface area (Å²) >= 11 is 0. The molecule has 7 heteroatoms. The van der Waals surface area contributed by atoms with Gasteiger partial charge in [-0.05, 0) is 6.92 Å². The molecule has 0 atom stereocenters. The Morgan fingerprint density at radius 1 is 1.60 bits per heavy atom. The maximum Gasteiger partial charge on any atom is 0.434 e. The summed E-state index contributed by atoms with van der Waals surface area (Å²) in [5, 5.41) is 0. The van der Waals surface area contributed by atoms with E-state index >= 15 is 0 Å². The van der Waals surface area contributed by atoms with Crippen molar-refractivity contribution >= 4 is 5.97 Å². The van der Waals surface area contributed by atoms with E-state index < -0.39 is 17.8 Å². The molecule has 0 radical (unpaired) electrons. The number of hydrogen-bond acceptors (Lipinski definition) is 3. The SMILES string of the molecule is CCOC(=O)c1nc(C(F)(F)F)cn1C. The Morgan fingerprint density at radius 2 is 2.20 bits per heavy atom. The number of hydrogen-bond donors (Lipinski definition) is 0. The lowest BCUT2D eigenvalue weighted by atomic mass is 10.5. The number of carbonyl (C=O) groups excluding carboxylic acids is 1. The van der Waals surface area contributed by atoms with Crippen molar-refractivity contribution in [3.63, 3.8) is 0 Å². The zero-order valence-electron chi connectivity index (χ0n) is 8.13. The topological polar surface area (TPSA) is 44.1 Å². The Kier molecular flexibility index (Phi) is 3.01. The van der Waals surface area contributed by atoms with Gasteiger partial charge in [-0.2, -0.15) is 13.2 Å². The van der Waals surface area contributed by atoms with Crippen LogP contribution in [0.5, 0.6) is 0 Å². The Bertz CT molecular complexity index is 370. The van der Waals surface area contributed by atoms with Crippen molar-refractivity contribution in [3.8, 4) is 0 Å². The van der Waals surface area contributed by atoms with Crippen LogP contribution in [0, 0.1) is 0 Å². The zero-order chi connectivity index (χ0) is 11.6. The maximum atomic E-state index is 12.2. The minimum atomic E-state index is -4.55. The molecule has 0 aliphatic carbocycles. The van der Waals surface area contributed by atoms with Gasteiger partial charge in [0.15, 0.2) is 5.69 Å². The van der Waals surface area contributed by atoms with Crippen LogP contribution in [0.4, 0.5) is 13.2 Å². The molecule has 1 aromatic heterocycles. The number of rotatable bonds is 2. The van der Waals surface area contributed by atoms with Gasteiger partial charge in [-0.1, -0.05) is 0 Å². The standard InChI is InChI=1S/C8H9F3N2O2/c1-3-15-7(14)6-12-5(4-13(6)2)8(9,10)11/h4H,3H2,1-2H3. The number of halogens is 3. The van der Waals surface area contributed by atoms with Crippen LogP contribution in [0.3, 0.4) is 0 Å². The fraction of sp³-hybridized carbons (Fsp3) is 0.500. The van der Waals surface area contributed by atoms with E-state index in [1.807, 2.05) is 0 Å². The normalized spacial score (nSPS) is 11.5. The van der Waals surface area contributed by atoms with Gasteiger partial charge in [-0.3, -0.25) is 0 Å². The van der Waals surface area contributed by atoms with Gasteiger partial charge < -0.3 is 9.30 Å². The minimum Gasteiger partial charge on any atom is -0.460 e. The fourth-order valence-electron chi connectivity index (χ4n) is 0.988. The second kappa shape index (κ2) is 3.92. The number of imidazole rings is 1. The molecule has 1 aromatic rings. The highest BCUT2D eigenvalue weighted by atomic mass is 19.4. The highest BCUT2D eigenvalue weighted by Crippen LogP contribution is 2.28. The molecule has 15 heavy (non-hydrogen) atoms. The summed E-state index contributed by atoms with van der Waals surface area (Å²) in [6.45, 7) is 1.65. The molecule has 0 aromatic carbocycles. The summed E-state index contributed by atoms with van der Waals surface area (Å²) in [4.78, 5) is 14.3.